The molecule has 0 aliphatic carbocycles. The first kappa shape index (κ1) is 16.6. The van der Waals surface area contributed by atoms with E-state index in [4.69, 9.17) is 11.6 Å². The zero-order valence-corrected chi connectivity index (χ0v) is 14.6. The van der Waals surface area contributed by atoms with Crippen LogP contribution in [0.4, 0.5) is 5.69 Å². The molecule has 0 aliphatic rings. The van der Waals surface area contributed by atoms with Crippen LogP contribution in [-0.2, 0) is 17.1 Å². The van der Waals surface area contributed by atoms with Gasteiger partial charge in [0, 0.05) is 24.2 Å². The lowest BCUT2D eigenvalue weighted by Gasteiger charge is -1.99. The highest BCUT2D eigenvalue weighted by atomic mass is 35.5. The van der Waals surface area contributed by atoms with Gasteiger partial charge in [0.05, 0.1) is 20.0 Å². The standard InChI is InChI=1S/C14H10ClN3O4S2/c1-17-12-7-4-10(18(19)20)8-13(12)23-14(17)16-24(21,22)11-5-2-9(15)3-6-11/h2-8H,1H3. The van der Waals surface area contributed by atoms with E-state index in [0.29, 0.717) is 15.2 Å². The largest absolute Gasteiger partial charge is 0.319 e. The predicted molar refractivity (Wildman–Crippen MR) is 91.7 cm³/mol. The van der Waals surface area contributed by atoms with E-state index in [-0.39, 0.29) is 15.4 Å². The highest BCUT2D eigenvalue weighted by Crippen LogP contribution is 2.23. The van der Waals surface area contributed by atoms with Crippen LogP contribution in [0.5, 0.6) is 0 Å². The van der Waals surface area contributed by atoms with Crippen LogP contribution in [0.2, 0.25) is 5.02 Å². The molecule has 0 spiro atoms. The van der Waals surface area contributed by atoms with Gasteiger partial charge in [-0.2, -0.15) is 8.42 Å². The molecule has 3 aromatic rings. The summed E-state index contributed by atoms with van der Waals surface area (Å²) in [6.45, 7) is 0. The molecule has 0 atom stereocenters. The molecule has 0 amide bonds. The highest BCUT2D eigenvalue weighted by molar-refractivity contribution is 7.90. The smallest absolute Gasteiger partial charge is 0.285 e. The molecule has 0 bridgehead atoms. The summed E-state index contributed by atoms with van der Waals surface area (Å²) >= 11 is 6.83. The minimum atomic E-state index is -3.90. The van der Waals surface area contributed by atoms with E-state index in [1.165, 1.54) is 36.4 Å². The maximum absolute atomic E-state index is 12.4. The van der Waals surface area contributed by atoms with Gasteiger partial charge < -0.3 is 4.57 Å². The van der Waals surface area contributed by atoms with Crippen molar-refractivity contribution >= 4 is 48.9 Å². The van der Waals surface area contributed by atoms with Gasteiger partial charge in [0.15, 0.2) is 0 Å². The SMILES string of the molecule is Cn1c(=NS(=O)(=O)c2ccc(Cl)cc2)sc2cc([N+](=O)[O-])ccc21. The number of nitro benzene ring substituents is 1. The summed E-state index contributed by atoms with van der Waals surface area (Å²) in [6.07, 6.45) is 0. The van der Waals surface area contributed by atoms with E-state index in [1.807, 2.05) is 0 Å². The second-order valence-electron chi connectivity index (χ2n) is 4.87. The first-order valence-corrected chi connectivity index (χ1v) is 9.22. The summed E-state index contributed by atoms with van der Waals surface area (Å²) in [6, 6.07) is 10.0. The van der Waals surface area contributed by atoms with Crippen LogP contribution in [0.1, 0.15) is 0 Å². The van der Waals surface area contributed by atoms with Gasteiger partial charge in [-0.25, -0.2) is 0 Å². The van der Waals surface area contributed by atoms with Gasteiger partial charge in [0.2, 0.25) is 4.80 Å². The average Bonchev–Trinajstić information content (AvgIpc) is 2.82. The number of thiazole rings is 1. The fourth-order valence-corrected chi connectivity index (χ4v) is 4.49. The number of sulfonamides is 1. The molecule has 1 aromatic heterocycles. The molecule has 10 heteroatoms. The van der Waals surface area contributed by atoms with Crippen LogP contribution in [0.25, 0.3) is 10.2 Å². The third-order valence-electron chi connectivity index (χ3n) is 3.31. The molecule has 7 nitrogen and oxygen atoms in total. The second kappa shape index (κ2) is 6.00. The van der Waals surface area contributed by atoms with E-state index in [0.717, 1.165) is 11.3 Å². The molecule has 0 aliphatic heterocycles. The lowest BCUT2D eigenvalue weighted by Crippen LogP contribution is -2.13. The molecule has 1 heterocycles. The molecule has 0 unspecified atom stereocenters. The van der Waals surface area contributed by atoms with Crippen LogP contribution in [0, 0.1) is 10.1 Å². The van der Waals surface area contributed by atoms with Crippen LogP contribution in [-0.4, -0.2) is 17.9 Å². The van der Waals surface area contributed by atoms with Gasteiger partial charge in [-0.15, -0.1) is 4.40 Å². The topological polar surface area (TPSA) is 94.6 Å². The summed E-state index contributed by atoms with van der Waals surface area (Å²) in [4.78, 5) is 10.6. The summed E-state index contributed by atoms with van der Waals surface area (Å²) in [5.41, 5.74) is 0.604. The van der Waals surface area contributed by atoms with Crippen molar-refractivity contribution < 1.29 is 13.3 Å². The molecular formula is C14H10ClN3O4S2. The van der Waals surface area contributed by atoms with Crippen molar-refractivity contribution in [2.45, 2.75) is 4.90 Å². The number of hydrogen-bond donors (Lipinski definition) is 0. The third-order valence-corrected chi connectivity index (χ3v) is 6.06. The Kier molecular flexibility index (Phi) is 4.16. The second-order valence-corrected chi connectivity index (χ2v) is 7.92. The number of aryl methyl sites for hydroxylation is 1. The number of hydrogen-bond acceptors (Lipinski definition) is 5. The van der Waals surface area contributed by atoms with E-state index in [9.17, 15) is 18.5 Å². The Morgan fingerprint density at radius 3 is 2.50 bits per heavy atom. The Bertz CT molecular complexity index is 1120. The number of aromatic nitrogens is 1. The molecule has 0 fully saturated rings. The zero-order chi connectivity index (χ0) is 17.5. The normalized spacial score (nSPS) is 12.7. The van der Waals surface area contributed by atoms with Crippen molar-refractivity contribution in [1.82, 2.24) is 4.57 Å². The van der Waals surface area contributed by atoms with Gasteiger partial charge in [-0.1, -0.05) is 22.9 Å². The number of nitrogens with zero attached hydrogens (tertiary/aromatic N) is 3. The minimum absolute atomic E-state index is 0.0235. The van der Waals surface area contributed by atoms with E-state index >= 15 is 0 Å². The Morgan fingerprint density at radius 2 is 1.88 bits per heavy atom. The third kappa shape index (κ3) is 3.05. The fraction of sp³-hybridized carbons (Fsp3) is 0.0714. The number of non-ortho nitro benzene ring substituents is 1. The van der Waals surface area contributed by atoms with E-state index in [1.54, 1.807) is 17.7 Å². The van der Waals surface area contributed by atoms with E-state index in [2.05, 4.69) is 4.40 Å². The predicted octanol–water partition coefficient (Wildman–Crippen LogP) is 3.09. The van der Waals surface area contributed by atoms with Crippen molar-refractivity contribution in [1.29, 1.82) is 0 Å². The molecule has 0 N–H and O–H groups in total. The Labute approximate surface area is 145 Å². The molecule has 3 rings (SSSR count). The number of fused-ring (bicyclic) bond motifs is 1. The Morgan fingerprint density at radius 1 is 1.21 bits per heavy atom. The summed E-state index contributed by atoms with van der Waals surface area (Å²) in [7, 11) is -2.25. The van der Waals surface area contributed by atoms with Crippen LogP contribution >= 0.6 is 22.9 Å². The molecule has 24 heavy (non-hydrogen) atoms. The maximum Gasteiger partial charge on any atom is 0.285 e. The van der Waals surface area contributed by atoms with Gasteiger partial charge in [-0.3, -0.25) is 10.1 Å². The summed E-state index contributed by atoms with van der Waals surface area (Å²) in [5, 5.41) is 11.3. The minimum Gasteiger partial charge on any atom is -0.319 e. The van der Waals surface area contributed by atoms with Crippen molar-refractivity contribution in [3.05, 3.63) is 62.4 Å². The Hall–Kier alpha value is -2.23. The number of rotatable bonds is 3. The quantitative estimate of drug-likeness (QED) is 0.513. The van der Waals surface area contributed by atoms with Crippen molar-refractivity contribution in [2.24, 2.45) is 11.4 Å². The number of halogens is 1. The number of benzene rings is 2. The summed E-state index contributed by atoms with van der Waals surface area (Å²) < 4.78 is 30.8. The van der Waals surface area contributed by atoms with Crippen molar-refractivity contribution in [2.75, 3.05) is 0 Å². The average molecular weight is 384 g/mol. The fourth-order valence-electron chi connectivity index (χ4n) is 2.09. The maximum atomic E-state index is 12.4. The molecule has 124 valence electrons. The molecular weight excluding hydrogens is 374 g/mol. The van der Waals surface area contributed by atoms with Crippen LogP contribution < -0.4 is 4.80 Å². The van der Waals surface area contributed by atoms with Gasteiger partial charge in [-0.05, 0) is 30.3 Å². The van der Waals surface area contributed by atoms with Gasteiger partial charge in [0.25, 0.3) is 15.7 Å². The molecule has 0 saturated carbocycles. The van der Waals surface area contributed by atoms with Gasteiger partial charge in [0.1, 0.15) is 0 Å². The Balaban J connectivity index is 2.17. The van der Waals surface area contributed by atoms with Gasteiger partial charge >= 0.3 is 0 Å². The zero-order valence-electron chi connectivity index (χ0n) is 12.2. The van der Waals surface area contributed by atoms with Crippen LogP contribution in [0.3, 0.4) is 0 Å². The monoisotopic (exact) mass is 383 g/mol. The molecule has 0 radical (unpaired) electrons. The number of nitro groups is 1. The highest BCUT2D eigenvalue weighted by Gasteiger charge is 2.15. The van der Waals surface area contributed by atoms with Crippen molar-refractivity contribution in [3.8, 4) is 0 Å². The first-order chi connectivity index (χ1) is 11.3. The molecule has 2 aromatic carbocycles. The summed E-state index contributed by atoms with van der Waals surface area (Å²) in [5.74, 6) is 0. The van der Waals surface area contributed by atoms with Crippen molar-refractivity contribution in [3.63, 3.8) is 0 Å². The lowest BCUT2D eigenvalue weighted by molar-refractivity contribution is -0.384. The van der Waals surface area contributed by atoms with Crippen LogP contribution in [0.15, 0.2) is 51.8 Å². The van der Waals surface area contributed by atoms with E-state index < -0.39 is 14.9 Å². The first-order valence-electron chi connectivity index (χ1n) is 6.58. The lowest BCUT2D eigenvalue weighted by atomic mass is 10.3. The molecule has 0 saturated heterocycles.